The first-order valence-electron chi connectivity index (χ1n) is 8.92. The zero-order valence-corrected chi connectivity index (χ0v) is 15.8. The number of hydrogen-bond donors (Lipinski definition) is 0. The van der Waals surface area contributed by atoms with Gasteiger partial charge < -0.3 is 4.74 Å². The van der Waals surface area contributed by atoms with Gasteiger partial charge in [0, 0.05) is 18.0 Å². The fourth-order valence-electron chi connectivity index (χ4n) is 2.68. The van der Waals surface area contributed by atoms with E-state index in [4.69, 9.17) is 4.74 Å². The molecule has 11 heteroatoms. The monoisotopic (exact) mass is 408 g/mol. The van der Waals surface area contributed by atoms with Crippen LogP contribution in [0.2, 0.25) is 0 Å². The van der Waals surface area contributed by atoms with Gasteiger partial charge in [-0.25, -0.2) is 4.79 Å². The lowest BCUT2D eigenvalue weighted by molar-refractivity contribution is -0.145. The normalized spacial score (nSPS) is 11.8. The van der Waals surface area contributed by atoms with Crippen LogP contribution in [0, 0.1) is 0 Å². The van der Waals surface area contributed by atoms with Gasteiger partial charge in [0.05, 0.1) is 19.3 Å². The smallest absolute Gasteiger partial charge is 0.433 e. The van der Waals surface area contributed by atoms with Crippen molar-refractivity contribution in [2.75, 3.05) is 6.61 Å². The average Bonchev–Trinajstić information content (AvgIpc) is 3.33. The predicted molar refractivity (Wildman–Crippen MR) is 95.8 cm³/mol. The zero-order chi connectivity index (χ0) is 21.0. The van der Waals surface area contributed by atoms with Crippen LogP contribution in [-0.2, 0) is 17.5 Å². The summed E-state index contributed by atoms with van der Waals surface area (Å²) in [4.78, 5) is 13.5. The van der Waals surface area contributed by atoms with Crippen LogP contribution in [0.25, 0.3) is 11.4 Å². The van der Waals surface area contributed by atoms with E-state index in [0.29, 0.717) is 18.8 Å². The molecule has 154 valence electrons. The second-order valence-corrected chi connectivity index (χ2v) is 6.51. The first-order chi connectivity index (χ1) is 13.8. The van der Waals surface area contributed by atoms with Gasteiger partial charge in [0.2, 0.25) is 5.82 Å². The summed E-state index contributed by atoms with van der Waals surface area (Å²) in [6, 6.07) is 8.72. The topological polar surface area (TPSA) is 87.7 Å². The third-order valence-corrected chi connectivity index (χ3v) is 3.99. The molecule has 0 saturated heterocycles. The van der Waals surface area contributed by atoms with Crippen molar-refractivity contribution in [2.45, 2.75) is 39.0 Å². The van der Waals surface area contributed by atoms with Crippen LogP contribution < -0.4 is 0 Å². The molecule has 0 spiro atoms. The number of alkyl halides is 3. The third kappa shape index (κ3) is 4.79. The van der Waals surface area contributed by atoms with Gasteiger partial charge in [-0.05, 0) is 19.1 Å². The maximum Gasteiger partial charge on any atom is 0.433 e. The molecule has 2 aromatic heterocycles. The van der Waals surface area contributed by atoms with Crippen LogP contribution in [0.3, 0.4) is 0 Å². The second-order valence-electron chi connectivity index (χ2n) is 6.51. The summed E-state index contributed by atoms with van der Waals surface area (Å²) in [6.07, 6.45) is -3.51. The molecule has 29 heavy (non-hydrogen) atoms. The van der Waals surface area contributed by atoms with Crippen molar-refractivity contribution in [3.05, 3.63) is 47.8 Å². The zero-order valence-electron chi connectivity index (χ0n) is 15.8. The number of carbonyl (C=O) groups is 1. The number of aromatic nitrogens is 6. The summed E-state index contributed by atoms with van der Waals surface area (Å²) >= 11 is 0. The van der Waals surface area contributed by atoms with Crippen LogP contribution in [0.5, 0.6) is 0 Å². The standard InChI is InChI=1S/C18H19F3N6O2/c1-12(2)27-15(18(19,20)21)14(11-22-27)17(28)29-10-6-9-26-24-16(23-25-26)13-7-4-3-5-8-13/h3-5,7-8,11-12H,6,9-10H2,1-2H3. The molecule has 3 aromatic rings. The van der Waals surface area contributed by atoms with Crippen LogP contribution in [-0.4, -0.2) is 42.6 Å². The van der Waals surface area contributed by atoms with Crippen molar-refractivity contribution in [2.24, 2.45) is 0 Å². The van der Waals surface area contributed by atoms with Crippen LogP contribution in [0.1, 0.15) is 42.4 Å². The second kappa shape index (κ2) is 8.41. The van der Waals surface area contributed by atoms with E-state index in [1.165, 1.54) is 4.80 Å². The number of ether oxygens (including phenoxy) is 1. The highest BCUT2D eigenvalue weighted by Gasteiger charge is 2.41. The third-order valence-electron chi connectivity index (χ3n) is 3.99. The Labute approximate surface area is 164 Å². The van der Waals surface area contributed by atoms with Crippen LogP contribution in [0.15, 0.2) is 36.5 Å². The van der Waals surface area contributed by atoms with Gasteiger partial charge in [0.1, 0.15) is 5.56 Å². The van der Waals surface area contributed by atoms with Crippen molar-refractivity contribution in [1.29, 1.82) is 0 Å². The van der Waals surface area contributed by atoms with Gasteiger partial charge in [0.15, 0.2) is 5.69 Å². The Bertz CT molecular complexity index is 966. The van der Waals surface area contributed by atoms with E-state index in [2.05, 4.69) is 20.5 Å². The number of benzene rings is 1. The van der Waals surface area contributed by atoms with Gasteiger partial charge >= 0.3 is 12.1 Å². The molecule has 3 rings (SSSR count). The average molecular weight is 408 g/mol. The summed E-state index contributed by atoms with van der Waals surface area (Å²) in [5, 5.41) is 15.7. The lowest BCUT2D eigenvalue weighted by Gasteiger charge is -2.14. The fraction of sp³-hybridized carbons (Fsp3) is 0.389. The van der Waals surface area contributed by atoms with Gasteiger partial charge in [-0.1, -0.05) is 30.3 Å². The molecule has 0 aliphatic heterocycles. The Morgan fingerprint density at radius 3 is 2.59 bits per heavy atom. The number of nitrogens with zero attached hydrogens (tertiary/aromatic N) is 6. The Kier molecular flexibility index (Phi) is 5.95. The van der Waals surface area contributed by atoms with E-state index in [9.17, 15) is 18.0 Å². The number of halogens is 3. The molecule has 2 heterocycles. The summed E-state index contributed by atoms with van der Waals surface area (Å²) in [7, 11) is 0. The highest BCUT2D eigenvalue weighted by Crippen LogP contribution is 2.33. The number of aryl methyl sites for hydroxylation is 1. The van der Waals surface area contributed by atoms with Crippen LogP contribution >= 0.6 is 0 Å². The molecule has 8 nitrogen and oxygen atoms in total. The minimum atomic E-state index is -4.71. The molecule has 0 saturated carbocycles. The van der Waals surface area contributed by atoms with E-state index in [0.717, 1.165) is 16.4 Å². The first-order valence-corrected chi connectivity index (χ1v) is 8.92. The van der Waals surface area contributed by atoms with E-state index >= 15 is 0 Å². The van der Waals surface area contributed by atoms with E-state index in [1.54, 1.807) is 13.8 Å². The van der Waals surface area contributed by atoms with E-state index in [1.807, 2.05) is 30.3 Å². The summed E-state index contributed by atoms with van der Waals surface area (Å²) < 4.78 is 45.7. The molecule has 0 radical (unpaired) electrons. The number of rotatable bonds is 7. The molecule has 0 fully saturated rings. The minimum absolute atomic E-state index is 0.0921. The van der Waals surface area contributed by atoms with E-state index in [-0.39, 0.29) is 6.61 Å². The van der Waals surface area contributed by atoms with E-state index < -0.39 is 29.4 Å². The highest BCUT2D eigenvalue weighted by atomic mass is 19.4. The van der Waals surface area contributed by atoms with Crippen molar-refractivity contribution >= 4 is 5.97 Å². The molecular weight excluding hydrogens is 389 g/mol. The Morgan fingerprint density at radius 2 is 1.93 bits per heavy atom. The molecule has 0 aliphatic carbocycles. The Balaban J connectivity index is 1.57. The molecule has 0 aliphatic rings. The quantitative estimate of drug-likeness (QED) is 0.440. The number of carbonyl (C=O) groups excluding carboxylic acids is 1. The van der Waals surface area contributed by atoms with Gasteiger partial charge in [0.25, 0.3) is 0 Å². The number of tetrazole rings is 1. The molecular formula is C18H19F3N6O2. The SMILES string of the molecule is CC(C)n1ncc(C(=O)OCCCn2nnc(-c3ccccc3)n2)c1C(F)(F)F. The predicted octanol–water partition coefficient (Wildman–Crippen LogP) is 3.38. The van der Waals surface area contributed by atoms with Gasteiger partial charge in [-0.2, -0.15) is 23.1 Å². The highest BCUT2D eigenvalue weighted by molar-refractivity contribution is 5.90. The maximum atomic E-state index is 13.3. The molecule has 0 bridgehead atoms. The molecule has 1 aromatic carbocycles. The fourth-order valence-corrected chi connectivity index (χ4v) is 2.68. The summed E-state index contributed by atoms with van der Waals surface area (Å²) in [5.41, 5.74) is -0.897. The van der Waals surface area contributed by atoms with Gasteiger partial charge in [-0.3, -0.25) is 4.68 Å². The van der Waals surface area contributed by atoms with Crippen molar-refractivity contribution in [3.63, 3.8) is 0 Å². The maximum absolute atomic E-state index is 13.3. The minimum Gasteiger partial charge on any atom is -0.462 e. The molecule has 0 atom stereocenters. The van der Waals surface area contributed by atoms with Crippen molar-refractivity contribution in [1.82, 2.24) is 30.0 Å². The van der Waals surface area contributed by atoms with Gasteiger partial charge in [-0.15, -0.1) is 10.2 Å². The van der Waals surface area contributed by atoms with Crippen LogP contribution in [0.4, 0.5) is 13.2 Å². The Morgan fingerprint density at radius 1 is 1.21 bits per heavy atom. The molecule has 0 N–H and O–H groups in total. The largest absolute Gasteiger partial charge is 0.462 e. The number of esters is 1. The molecule has 0 unspecified atom stereocenters. The van der Waals surface area contributed by atoms with Crippen molar-refractivity contribution in [3.8, 4) is 11.4 Å². The lowest BCUT2D eigenvalue weighted by atomic mass is 10.2. The number of hydrogen-bond acceptors (Lipinski definition) is 6. The summed E-state index contributed by atoms with van der Waals surface area (Å²) in [5.74, 6) is -0.612. The lowest BCUT2D eigenvalue weighted by Crippen LogP contribution is -2.20. The Hall–Kier alpha value is -3.24. The summed E-state index contributed by atoms with van der Waals surface area (Å²) in [6.45, 7) is 3.30. The molecule has 0 amide bonds. The van der Waals surface area contributed by atoms with Crippen molar-refractivity contribution < 1.29 is 22.7 Å². The first kappa shape index (κ1) is 20.5.